The van der Waals surface area contributed by atoms with Gasteiger partial charge in [-0.1, -0.05) is 18.2 Å². The summed E-state index contributed by atoms with van der Waals surface area (Å²) in [7, 11) is 1.69. The number of methoxy groups -OCH3 is 1. The van der Waals surface area contributed by atoms with Crippen molar-refractivity contribution in [2.24, 2.45) is 0 Å². The zero-order chi connectivity index (χ0) is 22.5. The molecule has 32 heavy (non-hydrogen) atoms. The van der Waals surface area contributed by atoms with Crippen molar-refractivity contribution in [1.29, 1.82) is 0 Å². The molecule has 3 fully saturated rings. The summed E-state index contributed by atoms with van der Waals surface area (Å²) in [4.78, 5) is 29.6. The molecule has 0 bridgehead atoms. The molecule has 4 rings (SSSR count). The highest BCUT2D eigenvalue weighted by molar-refractivity contribution is 7.80. The molecule has 0 spiro atoms. The van der Waals surface area contributed by atoms with E-state index in [0.717, 1.165) is 38.0 Å². The molecule has 3 saturated heterocycles. The minimum Gasteiger partial charge on any atom is -0.383 e. The van der Waals surface area contributed by atoms with Crippen LogP contribution >= 0.6 is 12.2 Å². The number of thiocarbonyl (C=S) groups is 1. The van der Waals surface area contributed by atoms with Crippen molar-refractivity contribution in [2.75, 3.05) is 38.7 Å². The number of anilines is 1. The lowest BCUT2D eigenvalue weighted by molar-refractivity contribution is -0.133. The third kappa shape index (κ3) is 5.39. The molecule has 8 nitrogen and oxygen atoms in total. The van der Waals surface area contributed by atoms with Crippen molar-refractivity contribution < 1.29 is 14.3 Å². The van der Waals surface area contributed by atoms with Gasteiger partial charge in [0.05, 0.1) is 18.7 Å². The molecule has 0 radical (unpaired) electrons. The lowest BCUT2D eigenvalue weighted by Crippen LogP contribution is -2.58. The summed E-state index contributed by atoms with van der Waals surface area (Å²) in [6.07, 6.45) is 3.99. The van der Waals surface area contributed by atoms with Gasteiger partial charge < -0.3 is 25.6 Å². The first kappa shape index (κ1) is 22.9. The Morgan fingerprint density at radius 3 is 2.88 bits per heavy atom. The van der Waals surface area contributed by atoms with E-state index in [0.29, 0.717) is 31.1 Å². The summed E-state index contributed by atoms with van der Waals surface area (Å²) in [5, 5.41) is 10.2. The number of fused-ring (bicyclic) bond motifs is 1. The van der Waals surface area contributed by atoms with E-state index >= 15 is 0 Å². The Hall–Kier alpha value is -2.23. The van der Waals surface area contributed by atoms with Crippen LogP contribution in [0.3, 0.4) is 0 Å². The molecule has 0 saturated carbocycles. The van der Waals surface area contributed by atoms with E-state index in [1.165, 1.54) is 0 Å². The summed E-state index contributed by atoms with van der Waals surface area (Å²) < 4.78 is 5.28. The van der Waals surface area contributed by atoms with E-state index in [4.69, 9.17) is 17.0 Å². The number of hydrogen-bond acceptors (Lipinski definition) is 5. The highest BCUT2D eigenvalue weighted by Crippen LogP contribution is 2.27. The van der Waals surface area contributed by atoms with Gasteiger partial charge in [-0.2, -0.15) is 0 Å². The molecular formula is C23H33N5O3S. The van der Waals surface area contributed by atoms with Crippen LogP contribution in [0, 0.1) is 0 Å². The summed E-state index contributed by atoms with van der Waals surface area (Å²) in [5.41, 5.74) is 0.934. The largest absolute Gasteiger partial charge is 0.383 e. The van der Waals surface area contributed by atoms with Crippen LogP contribution < -0.4 is 16.0 Å². The Kier molecular flexibility index (Phi) is 7.59. The van der Waals surface area contributed by atoms with Crippen molar-refractivity contribution in [3.8, 4) is 0 Å². The molecule has 0 aromatic heterocycles. The van der Waals surface area contributed by atoms with E-state index in [1.54, 1.807) is 7.11 Å². The van der Waals surface area contributed by atoms with E-state index in [2.05, 4.69) is 20.9 Å². The second kappa shape index (κ2) is 10.6. The zero-order valence-corrected chi connectivity index (χ0v) is 19.4. The van der Waals surface area contributed by atoms with E-state index in [1.807, 2.05) is 35.2 Å². The van der Waals surface area contributed by atoms with Gasteiger partial charge in [0.1, 0.15) is 0 Å². The number of carbonyl (C=O) groups excluding carboxylic acids is 2. The fraction of sp³-hybridized carbons (Fsp3) is 0.609. The molecular weight excluding hydrogens is 426 g/mol. The van der Waals surface area contributed by atoms with Crippen molar-refractivity contribution in [3.05, 3.63) is 30.3 Å². The van der Waals surface area contributed by atoms with Gasteiger partial charge in [-0.15, -0.1) is 0 Å². The molecule has 3 N–H and O–H groups in total. The van der Waals surface area contributed by atoms with Crippen LogP contribution in [0.2, 0.25) is 0 Å². The maximum atomic E-state index is 12.8. The van der Waals surface area contributed by atoms with Gasteiger partial charge >= 0.3 is 0 Å². The molecule has 9 heteroatoms. The second-order valence-corrected chi connectivity index (χ2v) is 9.29. The summed E-state index contributed by atoms with van der Waals surface area (Å²) >= 11 is 5.47. The van der Waals surface area contributed by atoms with E-state index < -0.39 is 0 Å². The van der Waals surface area contributed by atoms with Gasteiger partial charge in [-0.25, -0.2) is 0 Å². The van der Waals surface area contributed by atoms with E-state index in [9.17, 15) is 9.59 Å². The number of para-hydroxylation sites is 1. The number of ether oxygens (including phenoxy) is 1. The number of rotatable bonds is 7. The monoisotopic (exact) mass is 459 g/mol. The Morgan fingerprint density at radius 2 is 2.09 bits per heavy atom. The molecule has 4 atom stereocenters. The first-order valence-electron chi connectivity index (χ1n) is 11.5. The normalized spacial score (nSPS) is 27.7. The van der Waals surface area contributed by atoms with Gasteiger partial charge in [0.15, 0.2) is 5.11 Å². The van der Waals surface area contributed by atoms with Crippen LogP contribution in [-0.2, 0) is 14.3 Å². The van der Waals surface area contributed by atoms with Crippen LogP contribution in [0.15, 0.2) is 30.3 Å². The van der Waals surface area contributed by atoms with Crippen LogP contribution in [0.25, 0.3) is 0 Å². The highest BCUT2D eigenvalue weighted by atomic mass is 32.1. The minimum absolute atomic E-state index is 0.0681. The number of carbonyl (C=O) groups is 2. The van der Waals surface area contributed by atoms with Crippen LogP contribution in [0.4, 0.5) is 5.69 Å². The lowest BCUT2D eigenvalue weighted by Gasteiger charge is -2.37. The quantitative estimate of drug-likeness (QED) is 0.531. The molecule has 3 aliphatic rings. The number of piperazine rings is 1. The average Bonchev–Trinajstić information content (AvgIpc) is 3.42. The van der Waals surface area contributed by atoms with Gasteiger partial charge in [-0.3, -0.25) is 14.5 Å². The third-order valence-corrected chi connectivity index (χ3v) is 6.96. The minimum atomic E-state index is -0.172. The van der Waals surface area contributed by atoms with Crippen LogP contribution in [-0.4, -0.2) is 84.2 Å². The number of hydrogen-bond donors (Lipinski definition) is 3. The molecule has 3 heterocycles. The SMILES string of the molecule is COC[C@H]1CCCN1C(=O)CC[C@@H]1CNC(=O)[C@@H]2C[C@H](NC(=S)Nc3ccccc3)CN12. The highest BCUT2D eigenvalue weighted by Gasteiger charge is 2.43. The standard InChI is InChI=1S/C23H33N5O3S/c1-31-15-19-8-5-11-27(19)21(29)10-9-18-13-24-22(30)20-12-17(14-28(18)20)26-23(32)25-16-6-3-2-4-7-16/h2-4,6-7,17-20H,5,8-15H2,1H3,(H,24,30)(H2,25,26,32)/t17-,18+,19+,20-/m0/s1. The van der Waals surface area contributed by atoms with Crippen LogP contribution in [0.1, 0.15) is 32.1 Å². The fourth-order valence-corrected chi connectivity index (χ4v) is 5.47. The molecule has 174 valence electrons. The maximum Gasteiger partial charge on any atom is 0.237 e. The second-order valence-electron chi connectivity index (χ2n) is 8.89. The van der Waals surface area contributed by atoms with Gasteiger partial charge in [0.2, 0.25) is 11.8 Å². The predicted molar refractivity (Wildman–Crippen MR) is 127 cm³/mol. The lowest BCUT2D eigenvalue weighted by atomic mass is 10.0. The smallest absolute Gasteiger partial charge is 0.237 e. The molecule has 2 amide bonds. The predicted octanol–water partition coefficient (Wildman–Crippen LogP) is 1.33. The number of benzene rings is 1. The van der Waals surface area contributed by atoms with Crippen molar-refractivity contribution in [2.45, 2.75) is 56.3 Å². The first-order chi connectivity index (χ1) is 15.5. The number of nitrogens with zero attached hydrogens (tertiary/aromatic N) is 2. The maximum absolute atomic E-state index is 12.8. The van der Waals surface area contributed by atoms with E-state index in [-0.39, 0.29) is 36.0 Å². The van der Waals surface area contributed by atoms with Crippen molar-refractivity contribution in [3.63, 3.8) is 0 Å². The number of nitrogens with one attached hydrogen (secondary N) is 3. The molecule has 3 aliphatic heterocycles. The Balaban J connectivity index is 1.30. The fourth-order valence-electron chi connectivity index (χ4n) is 5.19. The van der Waals surface area contributed by atoms with Crippen molar-refractivity contribution in [1.82, 2.24) is 20.4 Å². The van der Waals surface area contributed by atoms with Gasteiger partial charge in [-0.05, 0) is 50.0 Å². The first-order valence-corrected chi connectivity index (χ1v) is 11.9. The summed E-state index contributed by atoms with van der Waals surface area (Å²) in [6.45, 7) is 2.75. The number of likely N-dealkylation sites (tertiary alicyclic amines) is 1. The zero-order valence-electron chi connectivity index (χ0n) is 18.6. The van der Waals surface area contributed by atoms with Crippen molar-refractivity contribution >= 4 is 34.8 Å². The Morgan fingerprint density at radius 1 is 1.28 bits per heavy atom. The average molecular weight is 460 g/mol. The Labute approximate surface area is 195 Å². The van der Waals surface area contributed by atoms with Gasteiger partial charge in [0.25, 0.3) is 0 Å². The van der Waals surface area contributed by atoms with Crippen LogP contribution in [0.5, 0.6) is 0 Å². The summed E-state index contributed by atoms with van der Waals surface area (Å²) in [6, 6.07) is 10.1. The third-order valence-electron chi connectivity index (χ3n) is 6.74. The molecule has 1 aromatic rings. The Bertz CT molecular complexity index is 823. The molecule has 0 aliphatic carbocycles. The summed E-state index contributed by atoms with van der Waals surface area (Å²) in [5.74, 6) is 0.263. The van der Waals surface area contributed by atoms with Gasteiger partial charge in [0, 0.05) is 50.9 Å². The molecule has 0 unspecified atom stereocenters. The topological polar surface area (TPSA) is 85.9 Å². The molecule has 1 aromatic carbocycles. The number of amides is 2.